The number of carbonyl (C=O) groups is 1. The highest BCUT2D eigenvalue weighted by Gasteiger charge is 2.25. The molecular formula is C17H26ClNO2. The van der Waals surface area contributed by atoms with Crippen LogP contribution in [0.15, 0.2) is 24.3 Å². The van der Waals surface area contributed by atoms with Crippen molar-refractivity contribution >= 4 is 17.5 Å². The van der Waals surface area contributed by atoms with Crippen molar-refractivity contribution < 1.29 is 9.53 Å². The molecule has 0 radical (unpaired) electrons. The van der Waals surface area contributed by atoms with Gasteiger partial charge in [0.1, 0.15) is 5.75 Å². The molecule has 1 aromatic rings. The van der Waals surface area contributed by atoms with E-state index in [1.165, 1.54) is 0 Å². The molecular weight excluding hydrogens is 286 g/mol. The third-order valence-corrected chi connectivity index (χ3v) is 3.72. The van der Waals surface area contributed by atoms with Crippen LogP contribution in [-0.4, -0.2) is 18.1 Å². The fraction of sp³-hybridized carbons (Fsp3) is 0.588. The van der Waals surface area contributed by atoms with Crippen molar-refractivity contribution in [3.63, 3.8) is 0 Å². The Labute approximate surface area is 133 Å². The molecule has 0 spiro atoms. The Bertz CT molecular complexity index is 452. The first-order chi connectivity index (χ1) is 9.85. The SMILES string of the molecule is CC[C@@H](Oc1cccc(Cl)c1)C(=O)NC(C(C)C)C(C)C. The Balaban J connectivity index is 2.73. The van der Waals surface area contributed by atoms with Crippen LogP contribution < -0.4 is 10.1 Å². The van der Waals surface area contributed by atoms with Crippen molar-refractivity contribution in [3.8, 4) is 5.75 Å². The van der Waals surface area contributed by atoms with Crippen LogP contribution in [0.4, 0.5) is 0 Å². The number of amides is 1. The van der Waals surface area contributed by atoms with Crippen molar-refractivity contribution in [1.29, 1.82) is 0 Å². The predicted molar refractivity (Wildman–Crippen MR) is 87.8 cm³/mol. The molecule has 1 rings (SSSR count). The van der Waals surface area contributed by atoms with Gasteiger partial charge in [0.15, 0.2) is 6.10 Å². The van der Waals surface area contributed by atoms with Gasteiger partial charge in [-0.15, -0.1) is 0 Å². The molecule has 3 nitrogen and oxygen atoms in total. The summed E-state index contributed by atoms with van der Waals surface area (Å²) in [5, 5.41) is 3.71. The van der Waals surface area contributed by atoms with Gasteiger partial charge in [-0.3, -0.25) is 4.79 Å². The van der Waals surface area contributed by atoms with Gasteiger partial charge < -0.3 is 10.1 Å². The second-order valence-corrected chi connectivity index (χ2v) is 6.43. The first-order valence-electron chi connectivity index (χ1n) is 7.57. The van der Waals surface area contributed by atoms with E-state index in [2.05, 4.69) is 33.0 Å². The Hall–Kier alpha value is -1.22. The Morgan fingerprint density at radius 2 is 1.86 bits per heavy atom. The molecule has 21 heavy (non-hydrogen) atoms. The maximum atomic E-state index is 12.4. The van der Waals surface area contributed by atoms with Gasteiger partial charge in [0, 0.05) is 11.1 Å². The number of halogens is 1. The smallest absolute Gasteiger partial charge is 0.261 e. The van der Waals surface area contributed by atoms with Crippen LogP contribution in [0.1, 0.15) is 41.0 Å². The zero-order valence-corrected chi connectivity index (χ0v) is 14.3. The van der Waals surface area contributed by atoms with Gasteiger partial charge >= 0.3 is 0 Å². The maximum Gasteiger partial charge on any atom is 0.261 e. The van der Waals surface area contributed by atoms with E-state index >= 15 is 0 Å². The van der Waals surface area contributed by atoms with Crippen molar-refractivity contribution in [2.24, 2.45) is 11.8 Å². The largest absolute Gasteiger partial charge is 0.481 e. The van der Waals surface area contributed by atoms with Crippen LogP contribution in [0.3, 0.4) is 0 Å². The topological polar surface area (TPSA) is 38.3 Å². The molecule has 0 saturated carbocycles. The minimum Gasteiger partial charge on any atom is -0.481 e. The fourth-order valence-electron chi connectivity index (χ4n) is 2.39. The van der Waals surface area contributed by atoms with E-state index in [-0.39, 0.29) is 11.9 Å². The summed E-state index contributed by atoms with van der Waals surface area (Å²) in [5.41, 5.74) is 0. The highest BCUT2D eigenvalue weighted by molar-refractivity contribution is 6.30. The van der Waals surface area contributed by atoms with Crippen molar-refractivity contribution in [2.45, 2.75) is 53.2 Å². The Morgan fingerprint density at radius 3 is 2.33 bits per heavy atom. The molecule has 4 heteroatoms. The molecule has 0 aliphatic rings. The lowest BCUT2D eigenvalue weighted by Crippen LogP contribution is -2.48. The summed E-state index contributed by atoms with van der Waals surface area (Å²) in [5.74, 6) is 1.33. The summed E-state index contributed by atoms with van der Waals surface area (Å²) in [6.45, 7) is 10.4. The van der Waals surface area contributed by atoms with E-state index in [1.807, 2.05) is 19.1 Å². The van der Waals surface area contributed by atoms with Gasteiger partial charge in [-0.2, -0.15) is 0 Å². The number of hydrogen-bond acceptors (Lipinski definition) is 2. The molecule has 0 heterocycles. The van der Waals surface area contributed by atoms with Crippen LogP contribution in [0.2, 0.25) is 5.02 Å². The lowest BCUT2D eigenvalue weighted by molar-refractivity contribution is -0.129. The van der Waals surface area contributed by atoms with E-state index < -0.39 is 6.10 Å². The number of carbonyl (C=O) groups excluding carboxylic acids is 1. The summed E-state index contributed by atoms with van der Waals surface area (Å²) in [7, 11) is 0. The summed E-state index contributed by atoms with van der Waals surface area (Å²) >= 11 is 5.94. The third-order valence-electron chi connectivity index (χ3n) is 3.48. The fourth-order valence-corrected chi connectivity index (χ4v) is 2.57. The number of ether oxygens (including phenoxy) is 1. The lowest BCUT2D eigenvalue weighted by atomic mass is 9.93. The van der Waals surface area contributed by atoms with Gasteiger partial charge in [0.25, 0.3) is 5.91 Å². The average Bonchev–Trinajstić information content (AvgIpc) is 2.41. The van der Waals surface area contributed by atoms with Crippen molar-refractivity contribution in [1.82, 2.24) is 5.32 Å². The molecule has 0 aliphatic heterocycles. The summed E-state index contributed by atoms with van der Waals surface area (Å²) in [6, 6.07) is 7.27. The van der Waals surface area contributed by atoms with E-state index in [0.717, 1.165) is 0 Å². The molecule has 0 bridgehead atoms. The molecule has 0 unspecified atom stereocenters. The molecule has 0 fully saturated rings. The summed E-state index contributed by atoms with van der Waals surface area (Å²) in [6.07, 6.45) is 0.116. The third kappa shape index (κ3) is 5.58. The zero-order valence-electron chi connectivity index (χ0n) is 13.5. The predicted octanol–water partition coefficient (Wildman–Crippen LogP) is 4.29. The lowest BCUT2D eigenvalue weighted by Gasteiger charge is -2.28. The van der Waals surface area contributed by atoms with E-state index in [9.17, 15) is 4.79 Å². The molecule has 1 amide bonds. The number of rotatable bonds is 7. The van der Waals surface area contributed by atoms with Gasteiger partial charge in [-0.05, 0) is 36.5 Å². The average molecular weight is 312 g/mol. The van der Waals surface area contributed by atoms with Gasteiger partial charge in [-0.25, -0.2) is 0 Å². The molecule has 1 atom stereocenters. The Morgan fingerprint density at radius 1 is 1.24 bits per heavy atom. The minimum absolute atomic E-state index is 0.0649. The van der Waals surface area contributed by atoms with Gasteiger partial charge in [0.05, 0.1) is 0 Å². The van der Waals surface area contributed by atoms with E-state index in [0.29, 0.717) is 29.0 Å². The quantitative estimate of drug-likeness (QED) is 0.815. The van der Waals surface area contributed by atoms with Crippen LogP contribution in [0.25, 0.3) is 0 Å². The van der Waals surface area contributed by atoms with Crippen molar-refractivity contribution in [3.05, 3.63) is 29.3 Å². The molecule has 1 N–H and O–H groups in total. The zero-order chi connectivity index (χ0) is 16.0. The maximum absolute atomic E-state index is 12.4. The Kier molecular flexibility index (Phi) is 7.03. The van der Waals surface area contributed by atoms with Crippen molar-refractivity contribution in [2.75, 3.05) is 0 Å². The highest BCUT2D eigenvalue weighted by Crippen LogP contribution is 2.20. The van der Waals surface area contributed by atoms with Crippen LogP contribution in [0.5, 0.6) is 5.75 Å². The van der Waals surface area contributed by atoms with Gasteiger partial charge in [0.2, 0.25) is 0 Å². The van der Waals surface area contributed by atoms with Crippen LogP contribution in [-0.2, 0) is 4.79 Å². The monoisotopic (exact) mass is 311 g/mol. The van der Waals surface area contributed by atoms with Crippen LogP contribution >= 0.6 is 11.6 Å². The van der Waals surface area contributed by atoms with E-state index in [4.69, 9.17) is 16.3 Å². The molecule has 0 aliphatic carbocycles. The number of benzene rings is 1. The first kappa shape index (κ1) is 17.8. The van der Waals surface area contributed by atoms with Crippen LogP contribution in [0, 0.1) is 11.8 Å². The van der Waals surface area contributed by atoms with E-state index in [1.54, 1.807) is 12.1 Å². The second-order valence-electron chi connectivity index (χ2n) is 5.99. The number of nitrogens with one attached hydrogen (secondary N) is 1. The van der Waals surface area contributed by atoms with Gasteiger partial charge in [-0.1, -0.05) is 52.3 Å². The first-order valence-corrected chi connectivity index (χ1v) is 7.95. The second kappa shape index (κ2) is 8.28. The standard InChI is InChI=1S/C17H26ClNO2/c1-6-15(21-14-9-7-8-13(18)10-14)17(20)19-16(11(2)3)12(4)5/h7-12,15-16H,6H2,1-5H3,(H,19,20)/t15-/m1/s1. The molecule has 1 aromatic carbocycles. The molecule has 0 aromatic heterocycles. The summed E-state index contributed by atoms with van der Waals surface area (Å²) in [4.78, 5) is 12.4. The normalized spacial score (nSPS) is 12.8. The molecule has 0 saturated heterocycles. The highest BCUT2D eigenvalue weighted by atomic mass is 35.5. The number of hydrogen-bond donors (Lipinski definition) is 1. The molecule has 118 valence electrons. The summed E-state index contributed by atoms with van der Waals surface area (Å²) < 4.78 is 5.77. The minimum atomic E-state index is -0.497.